The molecule has 0 saturated heterocycles. The number of nitrogens with one attached hydrogen (secondary N) is 1. The molecule has 1 aromatic rings. The molecule has 109 valence electrons. The Balaban J connectivity index is 0.00000361. The Hall–Kier alpha value is 0.224. The number of rotatable bonds is 5. The van der Waals surface area contributed by atoms with Gasteiger partial charge in [-0.3, -0.25) is 4.79 Å². The molecule has 0 aliphatic carbocycles. The molecule has 1 rings (SSSR count). The van der Waals surface area contributed by atoms with Crippen LogP contribution >= 0.6 is 7.26 Å². The molecule has 1 aromatic carbocycles. The van der Waals surface area contributed by atoms with Crippen LogP contribution in [0.1, 0.15) is 30.9 Å². The molecule has 4 heteroatoms. The number of aryl methyl sites for hydroxylation is 2. The number of para-hydroxylation sites is 1. The molecule has 0 bridgehead atoms. The molecule has 0 aliphatic rings. The molecule has 0 heterocycles. The van der Waals surface area contributed by atoms with Crippen LogP contribution in [0.4, 0.5) is 5.69 Å². The molecule has 1 atom stereocenters. The second kappa shape index (κ2) is 8.61. The van der Waals surface area contributed by atoms with Crippen LogP contribution in [-0.2, 0) is 37.5 Å². The Labute approximate surface area is 149 Å². The van der Waals surface area contributed by atoms with Gasteiger partial charge in [0, 0.05) is 65.7 Å². The van der Waals surface area contributed by atoms with Crippen LogP contribution in [0.2, 0.25) is 0 Å². The molecule has 1 radical (unpaired) electrons. The summed E-state index contributed by atoms with van der Waals surface area (Å²) in [7, 11) is -1.18. The summed E-state index contributed by atoms with van der Waals surface area (Å²) in [4.78, 5) is 12.6. The Morgan fingerprint density at radius 2 is 1.70 bits per heavy atom. The largest absolute Gasteiger partial charge is 0.322 e. The van der Waals surface area contributed by atoms with Crippen molar-refractivity contribution in [3.05, 3.63) is 29.3 Å². The number of hydrogen-bond acceptors (Lipinski definition) is 1. The van der Waals surface area contributed by atoms with E-state index in [4.69, 9.17) is 0 Å². The van der Waals surface area contributed by atoms with Gasteiger partial charge in [0.1, 0.15) is 5.66 Å². The first-order chi connectivity index (χ1) is 8.77. The third kappa shape index (κ3) is 5.55. The first-order valence-electron chi connectivity index (χ1n) is 6.95. The van der Waals surface area contributed by atoms with Crippen molar-refractivity contribution in [2.75, 3.05) is 25.3 Å². The summed E-state index contributed by atoms with van der Waals surface area (Å²) in [5.41, 5.74) is 3.42. The van der Waals surface area contributed by atoms with Gasteiger partial charge >= 0.3 is 0 Å². The number of amides is 1. The van der Waals surface area contributed by atoms with E-state index in [1.165, 1.54) is 0 Å². The van der Waals surface area contributed by atoms with E-state index in [9.17, 15) is 4.79 Å². The molecule has 0 saturated carbocycles. The number of carbonyl (C=O) groups excluding carboxylic acids is 1. The van der Waals surface area contributed by atoms with Crippen molar-refractivity contribution >= 4 is 18.9 Å². The fraction of sp³-hybridized carbons (Fsp3) is 0.562. The molecule has 20 heavy (non-hydrogen) atoms. The minimum Gasteiger partial charge on any atom is -0.322 e. The number of anilines is 1. The van der Waals surface area contributed by atoms with Gasteiger partial charge in [-0.25, -0.2) is 0 Å². The zero-order valence-corrected chi connectivity index (χ0v) is 17.4. The molecule has 0 fully saturated rings. The smallest absolute Gasteiger partial charge is 0.265 e. The molecule has 0 aliphatic heterocycles. The summed E-state index contributed by atoms with van der Waals surface area (Å²) in [6, 6.07) is 6.12. The van der Waals surface area contributed by atoms with Crippen LogP contribution in [0, 0.1) is 13.8 Å². The van der Waals surface area contributed by atoms with E-state index in [2.05, 4.69) is 32.2 Å². The average Bonchev–Trinajstić information content (AvgIpc) is 2.29. The zero-order chi connectivity index (χ0) is 14.6. The first-order valence-corrected chi connectivity index (χ1v) is 10.2. The maximum Gasteiger partial charge on any atom is 0.265 e. The van der Waals surface area contributed by atoms with E-state index < -0.39 is 7.26 Å². The van der Waals surface area contributed by atoms with Gasteiger partial charge in [0.05, 0.1) is 0 Å². The van der Waals surface area contributed by atoms with Crippen molar-refractivity contribution in [3.8, 4) is 0 Å². The predicted molar refractivity (Wildman–Crippen MR) is 87.9 cm³/mol. The third-order valence-corrected chi connectivity index (χ3v) is 5.89. The van der Waals surface area contributed by atoms with Gasteiger partial charge in [-0.1, -0.05) is 31.5 Å². The molecule has 1 amide bonds. The molecular weight excluding hydrogens is 342 g/mol. The molecule has 1 unspecified atom stereocenters. The maximum atomic E-state index is 12.6. The Morgan fingerprint density at radius 3 is 2.10 bits per heavy atom. The van der Waals surface area contributed by atoms with Crippen molar-refractivity contribution in [2.24, 2.45) is 0 Å². The van der Waals surface area contributed by atoms with Crippen molar-refractivity contribution in [1.82, 2.24) is 0 Å². The SMILES string of the molecule is CCCC(C(=O)Nc1c(C)cccc1C)[P+](C)(C)C.[Y]. The van der Waals surface area contributed by atoms with E-state index >= 15 is 0 Å². The van der Waals surface area contributed by atoms with Crippen molar-refractivity contribution in [1.29, 1.82) is 0 Å². The normalized spacial score (nSPS) is 12.5. The van der Waals surface area contributed by atoms with E-state index in [0.29, 0.717) is 0 Å². The third-order valence-electron chi connectivity index (χ3n) is 3.53. The quantitative estimate of drug-likeness (QED) is 0.770. The van der Waals surface area contributed by atoms with Crippen molar-refractivity contribution < 1.29 is 37.5 Å². The molecule has 0 spiro atoms. The fourth-order valence-corrected chi connectivity index (χ4v) is 4.16. The van der Waals surface area contributed by atoms with Crippen LogP contribution in [0.5, 0.6) is 0 Å². The van der Waals surface area contributed by atoms with Crippen molar-refractivity contribution in [2.45, 2.75) is 39.3 Å². The van der Waals surface area contributed by atoms with Crippen LogP contribution in [0.3, 0.4) is 0 Å². The van der Waals surface area contributed by atoms with Crippen LogP contribution in [0.15, 0.2) is 18.2 Å². The van der Waals surface area contributed by atoms with Crippen LogP contribution in [-0.4, -0.2) is 31.6 Å². The number of hydrogen-bond donors (Lipinski definition) is 1. The van der Waals surface area contributed by atoms with Gasteiger partial charge in [0.2, 0.25) is 0 Å². The molecule has 1 N–H and O–H groups in total. The molecular formula is C16H27NOPY+. The summed E-state index contributed by atoms with van der Waals surface area (Å²) in [6.45, 7) is 13.0. The van der Waals surface area contributed by atoms with Gasteiger partial charge in [-0.2, -0.15) is 0 Å². The van der Waals surface area contributed by atoms with Gasteiger partial charge in [0.25, 0.3) is 5.91 Å². The minimum atomic E-state index is -1.18. The molecule has 2 nitrogen and oxygen atoms in total. The number of carbonyl (C=O) groups is 1. The second-order valence-corrected chi connectivity index (χ2v) is 11.0. The predicted octanol–water partition coefficient (Wildman–Crippen LogP) is 4.32. The van der Waals surface area contributed by atoms with E-state index in [1.807, 2.05) is 32.0 Å². The summed E-state index contributed by atoms with van der Waals surface area (Å²) < 4.78 is 0. The van der Waals surface area contributed by atoms with E-state index in [1.54, 1.807) is 0 Å². The monoisotopic (exact) mass is 369 g/mol. The second-order valence-electron chi connectivity index (χ2n) is 6.18. The number of benzene rings is 1. The topological polar surface area (TPSA) is 29.1 Å². The Bertz CT molecular complexity index is 434. The average molecular weight is 369 g/mol. The Kier molecular flexibility index (Phi) is 8.71. The van der Waals surface area contributed by atoms with Crippen LogP contribution in [0.25, 0.3) is 0 Å². The summed E-state index contributed by atoms with van der Waals surface area (Å²) in [5, 5.41) is 3.16. The standard InChI is InChI=1S/C16H26NOP.Y/c1-7-9-14(19(4,5)6)16(18)17-15-12(2)10-8-11-13(15)3;/h8,10-11,14H,7,9H2,1-6H3;/p+1. The van der Waals surface area contributed by atoms with Gasteiger partial charge < -0.3 is 5.32 Å². The molecule has 0 aromatic heterocycles. The summed E-state index contributed by atoms with van der Waals surface area (Å²) in [6.07, 6.45) is 2.04. The van der Waals surface area contributed by atoms with Gasteiger partial charge in [-0.05, 0) is 31.4 Å². The first kappa shape index (κ1) is 20.2. The Morgan fingerprint density at radius 1 is 1.20 bits per heavy atom. The van der Waals surface area contributed by atoms with Gasteiger partial charge in [0.15, 0.2) is 0 Å². The van der Waals surface area contributed by atoms with E-state index in [0.717, 1.165) is 29.7 Å². The minimum absolute atomic E-state index is 0. The maximum absolute atomic E-state index is 12.6. The van der Waals surface area contributed by atoms with E-state index in [-0.39, 0.29) is 44.3 Å². The zero-order valence-electron chi connectivity index (χ0n) is 13.7. The van der Waals surface area contributed by atoms with Gasteiger partial charge in [-0.15, -0.1) is 0 Å². The van der Waals surface area contributed by atoms with Crippen molar-refractivity contribution in [3.63, 3.8) is 0 Å². The van der Waals surface area contributed by atoms with Crippen LogP contribution < -0.4 is 5.32 Å². The summed E-state index contributed by atoms with van der Waals surface area (Å²) in [5.74, 6) is 0.195. The fourth-order valence-electron chi connectivity index (χ4n) is 2.36. The summed E-state index contributed by atoms with van der Waals surface area (Å²) >= 11 is 0.